The Morgan fingerprint density at radius 2 is 1.76 bits per heavy atom. The molecular formula is C21H23N3O4S. The number of piperidine rings is 1. The first-order chi connectivity index (χ1) is 13.9. The van der Waals surface area contributed by atoms with Gasteiger partial charge in [-0.15, -0.1) is 0 Å². The van der Waals surface area contributed by atoms with E-state index in [1.165, 1.54) is 16.4 Å². The number of para-hydroxylation sites is 1. The Labute approximate surface area is 171 Å². The molecule has 0 bridgehead atoms. The third-order valence-corrected chi connectivity index (χ3v) is 6.67. The molecule has 1 atom stereocenters. The highest BCUT2D eigenvalue weighted by atomic mass is 32.2. The fourth-order valence-electron chi connectivity index (χ4n) is 3.11. The minimum Gasteiger partial charge on any atom is -0.480 e. The van der Waals surface area contributed by atoms with Gasteiger partial charge >= 0.3 is 0 Å². The summed E-state index contributed by atoms with van der Waals surface area (Å²) >= 11 is 0. The molecule has 1 aliphatic rings. The summed E-state index contributed by atoms with van der Waals surface area (Å²) in [7, 11) is -3.51. The number of sulfonamides is 1. The van der Waals surface area contributed by atoms with E-state index in [0.717, 1.165) is 19.3 Å². The fourth-order valence-corrected chi connectivity index (χ4v) is 4.63. The number of nitriles is 1. The van der Waals surface area contributed by atoms with Crippen LogP contribution >= 0.6 is 0 Å². The second kappa shape index (κ2) is 9.07. The van der Waals surface area contributed by atoms with Gasteiger partial charge in [0.2, 0.25) is 10.0 Å². The van der Waals surface area contributed by atoms with Crippen LogP contribution in [0.3, 0.4) is 0 Å². The quantitative estimate of drug-likeness (QED) is 0.784. The summed E-state index contributed by atoms with van der Waals surface area (Å²) in [5, 5.41) is 11.8. The van der Waals surface area contributed by atoms with Crippen LogP contribution < -0.4 is 10.1 Å². The lowest BCUT2D eigenvalue weighted by Crippen LogP contribution is -2.35. The normalized spacial score (nSPS) is 15.9. The van der Waals surface area contributed by atoms with Crippen LogP contribution in [0.25, 0.3) is 0 Å². The summed E-state index contributed by atoms with van der Waals surface area (Å²) in [6.07, 6.45) is 1.97. The van der Waals surface area contributed by atoms with Crippen molar-refractivity contribution in [3.8, 4) is 11.8 Å². The molecule has 1 saturated heterocycles. The van der Waals surface area contributed by atoms with Gasteiger partial charge in [-0.1, -0.05) is 18.6 Å². The Bertz CT molecular complexity index is 1010. The van der Waals surface area contributed by atoms with Gasteiger partial charge in [0.05, 0.1) is 10.5 Å². The molecule has 0 aromatic heterocycles. The van der Waals surface area contributed by atoms with Gasteiger partial charge in [0.1, 0.15) is 11.8 Å². The van der Waals surface area contributed by atoms with Crippen molar-refractivity contribution in [1.29, 1.82) is 5.26 Å². The molecule has 8 heteroatoms. The number of hydrogen-bond acceptors (Lipinski definition) is 5. The van der Waals surface area contributed by atoms with Crippen molar-refractivity contribution < 1.29 is 17.9 Å². The molecular weight excluding hydrogens is 390 g/mol. The molecule has 0 spiro atoms. The number of amides is 1. The van der Waals surface area contributed by atoms with Crippen molar-refractivity contribution in [3.05, 3.63) is 54.1 Å². The average Bonchev–Trinajstić information content (AvgIpc) is 2.75. The molecule has 1 heterocycles. The minimum absolute atomic E-state index is 0.213. The Hall–Kier alpha value is -2.89. The topological polar surface area (TPSA) is 99.5 Å². The first kappa shape index (κ1) is 20.8. The van der Waals surface area contributed by atoms with Crippen LogP contribution in [0.15, 0.2) is 53.4 Å². The monoisotopic (exact) mass is 413 g/mol. The lowest BCUT2D eigenvalue weighted by atomic mass is 10.2. The smallest absolute Gasteiger partial charge is 0.265 e. The standard InChI is InChI=1S/C21H23N3O4S/c1-16(28-20-8-4-3-7-17(20)15-22)21(25)23-18-9-11-19(12-10-18)29(26,27)24-13-5-2-6-14-24/h3-4,7-12,16H,2,5-6,13-14H2,1H3,(H,23,25). The lowest BCUT2D eigenvalue weighted by Gasteiger charge is -2.25. The third-order valence-electron chi connectivity index (χ3n) is 4.76. The number of ether oxygens (including phenoxy) is 1. The highest BCUT2D eigenvalue weighted by molar-refractivity contribution is 7.89. The third kappa shape index (κ3) is 4.94. The summed E-state index contributed by atoms with van der Waals surface area (Å²) in [4.78, 5) is 12.6. The summed E-state index contributed by atoms with van der Waals surface area (Å²) in [5.41, 5.74) is 0.816. The maximum absolute atomic E-state index is 12.7. The van der Waals surface area contributed by atoms with Crippen molar-refractivity contribution in [3.63, 3.8) is 0 Å². The summed E-state index contributed by atoms with van der Waals surface area (Å²) in [6.45, 7) is 2.67. The van der Waals surface area contributed by atoms with E-state index in [1.807, 2.05) is 6.07 Å². The molecule has 1 unspecified atom stereocenters. The van der Waals surface area contributed by atoms with Crippen LogP contribution in [0.4, 0.5) is 5.69 Å². The Morgan fingerprint density at radius 1 is 1.10 bits per heavy atom. The van der Waals surface area contributed by atoms with Gasteiger partial charge in [-0.3, -0.25) is 4.79 Å². The molecule has 0 saturated carbocycles. The lowest BCUT2D eigenvalue weighted by molar-refractivity contribution is -0.122. The molecule has 152 valence electrons. The maximum atomic E-state index is 12.7. The molecule has 1 fully saturated rings. The number of hydrogen-bond donors (Lipinski definition) is 1. The van der Waals surface area contributed by atoms with Crippen LogP contribution in [0.5, 0.6) is 5.75 Å². The van der Waals surface area contributed by atoms with E-state index in [4.69, 9.17) is 10.00 Å². The van der Waals surface area contributed by atoms with E-state index in [2.05, 4.69) is 5.32 Å². The van der Waals surface area contributed by atoms with E-state index in [1.54, 1.807) is 43.3 Å². The van der Waals surface area contributed by atoms with Crippen molar-refractivity contribution in [2.24, 2.45) is 0 Å². The van der Waals surface area contributed by atoms with E-state index < -0.39 is 22.0 Å². The minimum atomic E-state index is -3.51. The summed E-state index contributed by atoms with van der Waals surface area (Å²) in [5.74, 6) is -0.0648. The number of nitrogens with zero attached hydrogens (tertiary/aromatic N) is 2. The Balaban J connectivity index is 1.64. The SMILES string of the molecule is CC(Oc1ccccc1C#N)C(=O)Nc1ccc(S(=O)(=O)N2CCCCC2)cc1. The molecule has 3 rings (SSSR count). The zero-order chi connectivity index (χ0) is 20.9. The highest BCUT2D eigenvalue weighted by Gasteiger charge is 2.26. The predicted octanol–water partition coefficient (Wildman–Crippen LogP) is 3.14. The molecule has 7 nitrogen and oxygen atoms in total. The molecule has 2 aromatic rings. The zero-order valence-corrected chi connectivity index (χ0v) is 17.0. The second-order valence-corrected chi connectivity index (χ2v) is 8.78. The number of rotatable bonds is 6. The number of nitrogens with one attached hydrogen (secondary N) is 1. The van der Waals surface area contributed by atoms with Gasteiger partial charge in [-0.2, -0.15) is 9.57 Å². The van der Waals surface area contributed by atoms with Crippen molar-refractivity contribution >= 4 is 21.6 Å². The highest BCUT2D eigenvalue weighted by Crippen LogP contribution is 2.22. The Kier molecular flexibility index (Phi) is 6.52. The molecule has 1 aliphatic heterocycles. The van der Waals surface area contributed by atoms with Gasteiger partial charge in [0.15, 0.2) is 6.10 Å². The van der Waals surface area contributed by atoms with E-state index >= 15 is 0 Å². The van der Waals surface area contributed by atoms with E-state index in [9.17, 15) is 13.2 Å². The van der Waals surface area contributed by atoms with E-state index in [-0.39, 0.29) is 4.90 Å². The van der Waals surface area contributed by atoms with Gasteiger partial charge in [-0.25, -0.2) is 8.42 Å². The maximum Gasteiger partial charge on any atom is 0.265 e. The van der Waals surface area contributed by atoms with Crippen molar-refractivity contribution in [2.75, 3.05) is 18.4 Å². The largest absolute Gasteiger partial charge is 0.480 e. The van der Waals surface area contributed by atoms with Crippen LogP contribution in [0, 0.1) is 11.3 Å². The van der Waals surface area contributed by atoms with Crippen molar-refractivity contribution in [2.45, 2.75) is 37.2 Å². The number of carbonyl (C=O) groups excluding carboxylic acids is 1. The molecule has 1 amide bonds. The zero-order valence-electron chi connectivity index (χ0n) is 16.2. The van der Waals surface area contributed by atoms with Crippen molar-refractivity contribution in [1.82, 2.24) is 4.31 Å². The van der Waals surface area contributed by atoms with Crippen LogP contribution in [0.2, 0.25) is 0 Å². The summed E-state index contributed by atoms with van der Waals surface area (Å²) < 4.78 is 32.5. The number of benzene rings is 2. The average molecular weight is 413 g/mol. The van der Waals surface area contributed by atoms with Gasteiger partial charge in [0.25, 0.3) is 5.91 Å². The first-order valence-corrected chi connectivity index (χ1v) is 10.9. The predicted molar refractivity (Wildman–Crippen MR) is 109 cm³/mol. The number of anilines is 1. The van der Waals surface area contributed by atoms with Gasteiger partial charge in [-0.05, 0) is 56.2 Å². The van der Waals surface area contributed by atoms with Crippen LogP contribution in [-0.4, -0.2) is 37.8 Å². The molecule has 2 aromatic carbocycles. The Morgan fingerprint density at radius 3 is 2.41 bits per heavy atom. The fraction of sp³-hybridized carbons (Fsp3) is 0.333. The molecule has 0 radical (unpaired) electrons. The van der Waals surface area contributed by atoms with Crippen LogP contribution in [0.1, 0.15) is 31.7 Å². The van der Waals surface area contributed by atoms with Gasteiger partial charge < -0.3 is 10.1 Å². The molecule has 1 N–H and O–H groups in total. The summed E-state index contributed by atoms with van der Waals surface area (Å²) in [6, 6.07) is 14.8. The first-order valence-electron chi connectivity index (χ1n) is 9.48. The molecule has 29 heavy (non-hydrogen) atoms. The second-order valence-electron chi connectivity index (χ2n) is 6.85. The van der Waals surface area contributed by atoms with Crippen LogP contribution in [-0.2, 0) is 14.8 Å². The van der Waals surface area contributed by atoms with E-state index in [0.29, 0.717) is 30.1 Å². The van der Waals surface area contributed by atoms with Gasteiger partial charge in [0, 0.05) is 18.8 Å². The number of carbonyl (C=O) groups is 1. The molecule has 0 aliphatic carbocycles.